The summed E-state index contributed by atoms with van der Waals surface area (Å²) in [5.74, 6) is 0.790. The van der Waals surface area contributed by atoms with Gasteiger partial charge in [-0.2, -0.15) is 0 Å². The van der Waals surface area contributed by atoms with Gasteiger partial charge in [0.15, 0.2) is 0 Å². The summed E-state index contributed by atoms with van der Waals surface area (Å²) >= 11 is 0. The molecule has 0 spiro atoms. The SMILES string of the molecule is CNC(c1c(C)ccc2ccccc12)C1CCCCC1. The standard InChI is InChI=1S/C19H25N/c1-14-12-13-15-8-6-7-11-17(15)18(14)19(20-2)16-9-4-3-5-10-16/h6-8,11-13,16,19-20H,3-5,9-10H2,1-2H3. The van der Waals surface area contributed by atoms with E-state index in [0.29, 0.717) is 6.04 Å². The molecule has 1 saturated carbocycles. The van der Waals surface area contributed by atoms with Crippen LogP contribution in [0.25, 0.3) is 10.8 Å². The number of rotatable bonds is 3. The maximum atomic E-state index is 3.62. The van der Waals surface area contributed by atoms with Gasteiger partial charge >= 0.3 is 0 Å². The highest BCUT2D eigenvalue weighted by Crippen LogP contribution is 2.38. The molecule has 1 heteroatoms. The molecule has 1 nitrogen and oxygen atoms in total. The summed E-state index contributed by atoms with van der Waals surface area (Å²) in [7, 11) is 2.13. The van der Waals surface area contributed by atoms with Crippen LogP contribution in [0.5, 0.6) is 0 Å². The van der Waals surface area contributed by atoms with Gasteiger partial charge in [-0.25, -0.2) is 0 Å². The Morgan fingerprint density at radius 3 is 2.50 bits per heavy atom. The average molecular weight is 267 g/mol. The molecule has 106 valence electrons. The van der Waals surface area contributed by atoms with Crippen LogP contribution in [-0.2, 0) is 0 Å². The third-order valence-corrected chi connectivity index (χ3v) is 4.93. The van der Waals surface area contributed by atoms with Crippen LogP contribution in [0.1, 0.15) is 49.3 Å². The Balaban J connectivity index is 2.08. The van der Waals surface area contributed by atoms with Gasteiger partial charge in [-0.15, -0.1) is 0 Å². The molecule has 0 radical (unpaired) electrons. The van der Waals surface area contributed by atoms with Crippen LogP contribution in [-0.4, -0.2) is 7.05 Å². The van der Waals surface area contributed by atoms with E-state index in [1.54, 1.807) is 0 Å². The molecule has 2 aromatic carbocycles. The first-order valence-electron chi connectivity index (χ1n) is 7.97. The fourth-order valence-electron chi connectivity index (χ4n) is 3.90. The first-order chi connectivity index (χ1) is 9.81. The summed E-state index contributed by atoms with van der Waals surface area (Å²) in [4.78, 5) is 0. The predicted molar refractivity (Wildman–Crippen MR) is 87.1 cm³/mol. The molecule has 0 aromatic heterocycles. The molecule has 1 aliphatic carbocycles. The molecule has 3 rings (SSSR count). The van der Waals surface area contributed by atoms with Crippen LogP contribution in [0, 0.1) is 12.8 Å². The van der Waals surface area contributed by atoms with Gasteiger partial charge in [-0.3, -0.25) is 0 Å². The van der Waals surface area contributed by atoms with E-state index in [1.165, 1.54) is 54.0 Å². The number of hydrogen-bond acceptors (Lipinski definition) is 1. The summed E-state index contributed by atoms with van der Waals surface area (Å²) in [5.41, 5.74) is 2.95. The van der Waals surface area contributed by atoms with Gasteiger partial charge < -0.3 is 5.32 Å². The van der Waals surface area contributed by atoms with Gasteiger partial charge in [0.1, 0.15) is 0 Å². The molecule has 1 N–H and O–H groups in total. The first-order valence-corrected chi connectivity index (χ1v) is 7.97. The van der Waals surface area contributed by atoms with Crippen LogP contribution < -0.4 is 5.32 Å². The second-order valence-corrected chi connectivity index (χ2v) is 6.18. The molecule has 2 aromatic rings. The third-order valence-electron chi connectivity index (χ3n) is 4.93. The van der Waals surface area contributed by atoms with Crippen molar-refractivity contribution >= 4 is 10.8 Å². The lowest BCUT2D eigenvalue weighted by Crippen LogP contribution is -2.27. The van der Waals surface area contributed by atoms with E-state index >= 15 is 0 Å². The van der Waals surface area contributed by atoms with E-state index in [9.17, 15) is 0 Å². The number of benzene rings is 2. The van der Waals surface area contributed by atoms with Crippen molar-refractivity contribution in [2.24, 2.45) is 5.92 Å². The summed E-state index contributed by atoms with van der Waals surface area (Å²) in [6.45, 7) is 2.26. The van der Waals surface area contributed by atoms with Crippen LogP contribution in [0.2, 0.25) is 0 Å². The van der Waals surface area contributed by atoms with E-state index in [-0.39, 0.29) is 0 Å². The first kappa shape index (κ1) is 13.6. The molecule has 20 heavy (non-hydrogen) atoms. The van der Waals surface area contributed by atoms with E-state index in [2.05, 4.69) is 55.7 Å². The average Bonchev–Trinajstić information content (AvgIpc) is 2.51. The lowest BCUT2D eigenvalue weighted by atomic mass is 9.79. The smallest absolute Gasteiger partial charge is 0.0354 e. The summed E-state index contributed by atoms with van der Waals surface area (Å²) < 4.78 is 0. The molecule has 0 aliphatic heterocycles. The van der Waals surface area contributed by atoms with Gasteiger partial charge in [0.25, 0.3) is 0 Å². The largest absolute Gasteiger partial charge is 0.313 e. The maximum absolute atomic E-state index is 3.62. The summed E-state index contributed by atoms with van der Waals surface area (Å²) in [5, 5.41) is 6.41. The highest BCUT2D eigenvalue weighted by molar-refractivity contribution is 5.87. The Morgan fingerprint density at radius 1 is 1.00 bits per heavy atom. The van der Waals surface area contributed by atoms with Crippen LogP contribution in [0.3, 0.4) is 0 Å². The summed E-state index contributed by atoms with van der Waals surface area (Å²) in [6.07, 6.45) is 6.95. The van der Waals surface area contributed by atoms with Crippen LogP contribution >= 0.6 is 0 Å². The molecule has 1 fully saturated rings. The van der Waals surface area contributed by atoms with Crippen molar-refractivity contribution in [3.63, 3.8) is 0 Å². The molecule has 0 bridgehead atoms. The minimum absolute atomic E-state index is 0.501. The fraction of sp³-hybridized carbons (Fsp3) is 0.474. The lowest BCUT2D eigenvalue weighted by Gasteiger charge is -2.32. The van der Waals surface area contributed by atoms with Gasteiger partial charge in [0, 0.05) is 6.04 Å². The number of hydrogen-bond donors (Lipinski definition) is 1. The number of aryl methyl sites for hydroxylation is 1. The Labute approximate surface area is 122 Å². The minimum atomic E-state index is 0.501. The molecule has 0 saturated heterocycles. The van der Waals surface area contributed by atoms with Gasteiger partial charge in [0.05, 0.1) is 0 Å². The fourth-order valence-corrected chi connectivity index (χ4v) is 3.90. The topological polar surface area (TPSA) is 12.0 Å². The van der Waals surface area contributed by atoms with E-state index in [1.807, 2.05) is 0 Å². The zero-order valence-corrected chi connectivity index (χ0v) is 12.7. The second kappa shape index (κ2) is 5.97. The van der Waals surface area contributed by atoms with E-state index < -0.39 is 0 Å². The van der Waals surface area contributed by atoms with Crippen molar-refractivity contribution < 1.29 is 0 Å². The zero-order chi connectivity index (χ0) is 13.9. The Morgan fingerprint density at radius 2 is 1.75 bits per heavy atom. The minimum Gasteiger partial charge on any atom is -0.313 e. The van der Waals surface area contributed by atoms with Gasteiger partial charge in [-0.05, 0) is 54.6 Å². The van der Waals surface area contributed by atoms with Gasteiger partial charge in [-0.1, -0.05) is 55.7 Å². The van der Waals surface area contributed by atoms with Crippen molar-refractivity contribution in [1.29, 1.82) is 0 Å². The summed E-state index contributed by atoms with van der Waals surface area (Å²) in [6, 6.07) is 13.8. The monoisotopic (exact) mass is 267 g/mol. The predicted octanol–water partition coefficient (Wildman–Crippen LogP) is 4.99. The Kier molecular flexibility index (Phi) is 4.07. The normalized spacial score (nSPS) is 18.3. The molecule has 0 heterocycles. The third kappa shape index (κ3) is 2.47. The van der Waals surface area contributed by atoms with Crippen molar-refractivity contribution in [1.82, 2.24) is 5.32 Å². The highest BCUT2D eigenvalue weighted by atomic mass is 14.9. The second-order valence-electron chi connectivity index (χ2n) is 6.18. The van der Waals surface area contributed by atoms with Crippen molar-refractivity contribution in [2.45, 2.75) is 45.1 Å². The highest BCUT2D eigenvalue weighted by Gasteiger charge is 2.26. The Bertz CT molecular complexity index is 581. The van der Waals surface area contributed by atoms with Crippen LogP contribution in [0.4, 0.5) is 0 Å². The molecular weight excluding hydrogens is 242 g/mol. The molecule has 1 unspecified atom stereocenters. The van der Waals surface area contributed by atoms with Crippen molar-refractivity contribution in [3.05, 3.63) is 47.5 Å². The Hall–Kier alpha value is -1.34. The molecule has 1 atom stereocenters. The molecule has 0 amide bonds. The molecular formula is C19H25N. The lowest BCUT2D eigenvalue weighted by molar-refractivity contribution is 0.282. The van der Waals surface area contributed by atoms with Crippen molar-refractivity contribution in [3.8, 4) is 0 Å². The van der Waals surface area contributed by atoms with Gasteiger partial charge in [0.2, 0.25) is 0 Å². The van der Waals surface area contributed by atoms with Crippen LogP contribution in [0.15, 0.2) is 36.4 Å². The quantitative estimate of drug-likeness (QED) is 0.826. The number of fused-ring (bicyclic) bond motifs is 1. The van der Waals surface area contributed by atoms with E-state index in [0.717, 1.165) is 5.92 Å². The van der Waals surface area contributed by atoms with Crippen molar-refractivity contribution in [2.75, 3.05) is 7.05 Å². The number of nitrogens with one attached hydrogen (secondary N) is 1. The molecule has 1 aliphatic rings. The van der Waals surface area contributed by atoms with E-state index in [4.69, 9.17) is 0 Å². The maximum Gasteiger partial charge on any atom is 0.0354 e. The zero-order valence-electron chi connectivity index (χ0n) is 12.7.